The molecule has 8 nitrogen and oxygen atoms in total. The molecule has 0 saturated carbocycles. The van der Waals surface area contributed by atoms with E-state index >= 15 is 0 Å². The number of nitrogens with one attached hydrogen (secondary N) is 1. The van der Waals surface area contributed by atoms with Crippen LogP contribution in [0.3, 0.4) is 0 Å². The Bertz CT molecular complexity index is 1630. The molecule has 0 spiro atoms. The Balaban J connectivity index is 1.28. The topological polar surface area (TPSA) is 82.8 Å². The van der Waals surface area contributed by atoms with Gasteiger partial charge in [0, 0.05) is 55.6 Å². The van der Waals surface area contributed by atoms with E-state index in [4.69, 9.17) is 0 Å². The van der Waals surface area contributed by atoms with Crippen molar-refractivity contribution >= 4 is 40.3 Å². The zero-order valence-electron chi connectivity index (χ0n) is 21.3. The van der Waals surface area contributed by atoms with Gasteiger partial charge in [-0.25, -0.2) is 14.6 Å². The van der Waals surface area contributed by atoms with Gasteiger partial charge < -0.3 is 9.80 Å². The number of carbonyl (C=O) groups excluding carboxylic acids is 2. The number of amides is 2. The number of carbonyl (C=O) groups is 2. The quantitative estimate of drug-likeness (QED) is 0.364. The lowest BCUT2D eigenvalue weighted by Gasteiger charge is -2.23. The molecule has 2 aromatic heterocycles. The van der Waals surface area contributed by atoms with Crippen molar-refractivity contribution in [3.63, 3.8) is 0 Å². The maximum absolute atomic E-state index is 13.4. The molecule has 2 amide bonds. The molecule has 1 saturated heterocycles. The summed E-state index contributed by atoms with van der Waals surface area (Å²) in [5, 5.41) is 5.22. The van der Waals surface area contributed by atoms with Crippen LogP contribution in [-0.2, 0) is 0 Å². The van der Waals surface area contributed by atoms with Gasteiger partial charge in [0.2, 0.25) is 0 Å². The third kappa shape index (κ3) is 4.57. The van der Waals surface area contributed by atoms with Crippen LogP contribution in [0.5, 0.6) is 0 Å². The van der Waals surface area contributed by atoms with Crippen molar-refractivity contribution in [2.24, 2.45) is 5.10 Å². The predicted molar refractivity (Wildman–Crippen MR) is 151 cm³/mol. The van der Waals surface area contributed by atoms with Crippen molar-refractivity contribution in [1.29, 1.82) is 0 Å². The summed E-state index contributed by atoms with van der Waals surface area (Å²) in [6.45, 7) is 0. The Kier molecular flexibility index (Phi) is 6.40. The van der Waals surface area contributed by atoms with E-state index in [1.807, 2.05) is 48.4 Å². The van der Waals surface area contributed by atoms with Gasteiger partial charge in [0.25, 0.3) is 5.91 Å². The SMILES string of the molecule is CN(C)C(=O)n1cc(C(=O)NN=C2C=CN3C2CSC3c2cccnc2)c2ccc(-c3ccc(F)cc3)cc21. The predicted octanol–water partition coefficient (Wildman–Crippen LogP) is 5.10. The first-order valence-electron chi connectivity index (χ1n) is 12.4. The normalized spacial score (nSPS) is 19.1. The summed E-state index contributed by atoms with van der Waals surface area (Å²) < 4.78 is 14.9. The Hall–Kier alpha value is -4.44. The first-order chi connectivity index (χ1) is 18.9. The van der Waals surface area contributed by atoms with Crippen LogP contribution < -0.4 is 5.43 Å². The summed E-state index contributed by atoms with van der Waals surface area (Å²) in [4.78, 5) is 34.2. The number of hydrogen-bond acceptors (Lipinski definition) is 6. The summed E-state index contributed by atoms with van der Waals surface area (Å²) in [6.07, 6.45) is 9.10. The van der Waals surface area contributed by atoms with Gasteiger partial charge in [-0.1, -0.05) is 30.3 Å². The molecule has 39 heavy (non-hydrogen) atoms. The van der Waals surface area contributed by atoms with Gasteiger partial charge in [0.1, 0.15) is 11.2 Å². The van der Waals surface area contributed by atoms with Crippen LogP contribution in [0.15, 0.2) is 90.6 Å². The van der Waals surface area contributed by atoms with Gasteiger partial charge in [-0.2, -0.15) is 5.10 Å². The van der Waals surface area contributed by atoms with Gasteiger partial charge in [-0.05, 0) is 41.5 Å². The van der Waals surface area contributed by atoms with Crippen molar-refractivity contribution in [2.45, 2.75) is 11.4 Å². The highest BCUT2D eigenvalue weighted by Crippen LogP contribution is 2.43. The average Bonchev–Trinajstić information content (AvgIpc) is 3.66. The number of rotatable bonds is 4. The average molecular weight is 541 g/mol. The second-order valence-corrected chi connectivity index (χ2v) is 10.7. The van der Waals surface area contributed by atoms with E-state index in [9.17, 15) is 14.0 Å². The lowest BCUT2D eigenvalue weighted by atomic mass is 10.0. The summed E-state index contributed by atoms with van der Waals surface area (Å²) >= 11 is 1.81. The molecule has 2 aliphatic heterocycles. The number of aromatic nitrogens is 2. The van der Waals surface area contributed by atoms with Gasteiger partial charge in [-0.15, -0.1) is 11.8 Å². The molecule has 2 aliphatic rings. The smallest absolute Gasteiger partial charge is 0.328 e. The molecule has 0 radical (unpaired) electrons. The number of halogens is 1. The van der Waals surface area contributed by atoms with Crippen molar-refractivity contribution in [3.8, 4) is 11.1 Å². The lowest BCUT2D eigenvalue weighted by Crippen LogP contribution is -2.31. The minimum Gasteiger partial charge on any atom is -0.352 e. The van der Waals surface area contributed by atoms with E-state index in [0.717, 1.165) is 28.2 Å². The van der Waals surface area contributed by atoms with Gasteiger partial charge in [0.15, 0.2) is 0 Å². The van der Waals surface area contributed by atoms with Crippen LogP contribution in [0.4, 0.5) is 9.18 Å². The fraction of sp³-hybridized carbons (Fsp3) is 0.172. The molecule has 4 aromatic rings. The monoisotopic (exact) mass is 540 g/mol. The molecule has 4 heterocycles. The molecule has 0 aliphatic carbocycles. The summed E-state index contributed by atoms with van der Waals surface area (Å²) in [6, 6.07) is 15.4. The molecule has 2 atom stereocenters. The zero-order chi connectivity index (χ0) is 27.1. The maximum Gasteiger partial charge on any atom is 0.328 e. The third-order valence-electron chi connectivity index (χ3n) is 6.87. The number of hydrazone groups is 1. The molecule has 2 aromatic carbocycles. The minimum atomic E-state index is -0.409. The van der Waals surface area contributed by atoms with Gasteiger partial charge in [0.05, 0.1) is 22.8 Å². The molecule has 0 bridgehead atoms. The summed E-state index contributed by atoms with van der Waals surface area (Å²) in [5.74, 6) is 0.105. The largest absolute Gasteiger partial charge is 0.352 e. The first kappa shape index (κ1) is 24.9. The van der Waals surface area contributed by atoms with E-state index in [1.165, 1.54) is 27.8 Å². The molecule has 2 unspecified atom stereocenters. The molecular formula is C29H25FN6O2S. The number of nitrogens with zero attached hydrogens (tertiary/aromatic N) is 5. The molecule has 10 heteroatoms. The summed E-state index contributed by atoms with van der Waals surface area (Å²) in [7, 11) is 3.31. The molecule has 6 rings (SSSR count). The van der Waals surface area contributed by atoms with Crippen LogP contribution in [-0.4, -0.2) is 62.9 Å². The van der Waals surface area contributed by atoms with Gasteiger partial charge in [-0.3, -0.25) is 14.3 Å². The van der Waals surface area contributed by atoms with Crippen molar-refractivity contribution < 1.29 is 14.0 Å². The maximum atomic E-state index is 13.4. The van der Waals surface area contributed by atoms with E-state index in [1.54, 1.807) is 38.5 Å². The third-order valence-corrected chi connectivity index (χ3v) is 8.21. The van der Waals surface area contributed by atoms with Crippen LogP contribution in [0.2, 0.25) is 0 Å². The van der Waals surface area contributed by atoms with Crippen molar-refractivity contribution in [3.05, 3.63) is 102 Å². The minimum absolute atomic E-state index is 0.0513. The van der Waals surface area contributed by atoms with E-state index in [2.05, 4.69) is 26.5 Å². The van der Waals surface area contributed by atoms with Crippen molar-refractivity contribution in [2.75, 3.05) is 19.8 Å². The van der Waals surface area contributed by atoms with Gasteiger partial charge >= 0.3 is 6.03 Å². The lowest BCUT2D eigenvalue weighted by molar-refractivity contribution is 0.0956. The van der Waals surface area contributed by atoms with E-state index < -0.39 is 5.91 Å². The first-order valence-corrected chi connectivity index (χ1v) is 13.4. The Morgan fingerprint density at radius 1 is 1.13 bits per heavy atom. The number of thioether (sulfide) groups is 1. The van der Waals surface area contributed by atoms with Crippen LogP contribution in [0, 0.1) is 5.82 Å². The molecule has 196 valence electrons. The highest BCUT2D eigenvalue weighted by Gasteiger charge is 2.38. The number of benzene rings is 2. The fourth-order valence-corrected chi connectivity index (χ4v) is 6.32. The van der Waals surface area contributed by atoms with E-state index in [0.29, 0.717) is 16.5 Å². The number of pyridine rings is 1. The molecule has 1 fully saturated rings. The summed E-state index contributed by atoms with van der Waals surface area (Å²) in [5.41, 5.74) is 7.12. The molecule has 1 N–H and O–H groups in total. The van der Waals surface area contributed by atoms with Crippen LogP contribution >= 0.6 is 11.8 Å². The second kappa shape index (κ2) is 10.0. The van der Waals surface area contributed by atoms with Crippen LogP contribution in [0.1, 0.15) is 21.3 Å². The number of hydrogen-bond donors (Lipinski definition) is 1. The van der Waals surface area contributed by atoms with Crippen LogP contribution in [0.25, 0.3) is 22.0 Å². The molecular weight excluding hydrogens is 515 g/mol. The van der Waals surface area contributed by atoms with Crippen molar-refractivity contribution in [1.82, 2.24) is 24.8 Å². The zero-order valence-corrected chi connectivity index (χ0v) is 22.1. The Labute approximate surface area is 228 Å². The number of fused-ring (bicyclic) bond motifs is 2. The Morgan fingerprint density at radius 2 is 1.92 bits per heavy atom. The Morgan fingerprint density at radius 3 is 2.67 bits per heavy atom. The highest BCUT2D eigenvalue weighted by molar-refractivity contribution is 7.99. The highest BCUT2D eigenvalue weighted by atomic mass is 32.2. The van der Waals surface area contributed by atoms with E-state index in [-0.39, 0.29) is 23.3 Å². The second-order valence-electron chi connectivity index (χ2n) is 9.56. The standard InChI is InChI=1S/C29H25FN6O2S/c1-34(2)29(38)36-16-23(22-10-7-19(14-25(22)36)18-5-8-21(30)9-6-18)27(37)33-32-24-11-13-35-26(24)17-39-28(35)20-4-3-12-31-15-20/h3-16,26,28H,17H2,1-2H3,(H,33,37). The fourth-order valence-electron chi connectivity index (χ4n) is 4.89.